The number of methoxy groups -OCH3 is 1. The summed E-state index contributed by atoms with van der Waals surface area (Å²) < 4.78 is 5.37. The van der Waals surface area contributed by atoms with Gasteiger partial charge in [0.25, 0.3) is 5.91 Å². The Balaban J connectivity index is 0.00000162. The number of hydrogen-bond acceptors (Lipinski definition) is 4. The van der Waals surface area contributed by atoms with Gasteiger partial charge < -0.3 is 20.4 Å². The van der Waals surface area contributed by atoms with Crippen LogP contribution in [0.5, 0.6) is 0 Å². The van der Waals surface area contributed by atoms with Gasteiger partial charge in [-0.05, 0) is 19.9 Å². The van der Waals surface area contributed by atoms with Gasteiger partial charge in [0.2, 0.25) is 0 Å². The minimum absolute atomic E-state index is 0. The normalized spacial score (nSPS) is 22.0. The van der Waals surface area contributed by atoms with E-state index in [0.29, 0.717) is 5.69 Å². The van der Waals surface area contributed by atoms with Crippen molar-refractivity contribution in [3.63, 3.8) is 0 Å². The van der Waals surface area contributed by atoms with E-state index < -0.39 is 0 Å². The summed E-state index contributed by atoms with van der Waals surface area (Å²) in [5.74, 6) is -0.153. The van der Waals surface area contributed by atoms with Gasteiger partial charge in [0.15, 0.2) is 0 Å². The number of imidazole rings is 1. The van der Waals surface area contributed by atoms with Gasteiger partial charge in [-0.3, -0.25) is 4.79 Å². The fourth-order valence-electron chi connectivity index (χ4n) is 2.09. The molecule has 0 saturated carbocycles. The number of ether oxygens (including phenoxy) is 1. The highest BCUT2D eigenvalue weighted by Gasteiger charge is 2.27. The summed E-state index contributed by atoms with van der Waals surface area (Å²) in [6, 6.07) is -0.00245. The average molecular weight is 311 g/mol. The molecule has 0 aromatic carbocycles. The summed E-state index contributed by atoms with van der Waals surface area (Å²) in [7, 11) is 1.68. The van der Waals surface area contributed by atoms with Crippen molar-refractivity contribution in [1.29, 1.82) is 0 Å². The van der Waals surface area contributed by atoms with E-state index in [-0.39, 0.29) is 42.9 Å². The fourth-order valence-corrected chi connectivity index (χ4v) is 2.09. The maximum absolute atomic E-state index is 12.0. The van der Waals surface area contributed by atoms with Gasteiger partial charge in [-0.25, -0.2) is 4.98 Å². The van der Waals surface area contributed by atoms with Gasteiger partial charge in [0, 0.05) is 19.3 Å². The van der Waals surface area contributed by atoms with Gasteiger partial charge in [0.1, 0.15) is 5.69 Å². The van der Waals surface area contributed by atoms with E-state index in [2.05, 4.69) is 20.6 Å². The molecule has 2 rings (SSSR count). The summed E-state index contributed by atoms with van der Waals surface area (Å²) >= 11 is 0. The second-order valence-electron chi connectivity index (χ2n) is 4.22. The van der Waals surface area contributed by atoms with Crippen molar-refractivity contribution >= 4 is 30.7 Å². The van der Waals surface area contributed by atoms with E-state index in [1.807, 2.05) is 6.92 Å². The number of nitrogens with zero attached hydrogens (tertiary/aromatic N) is 1. The average Bonchev–Trinajstić information content (AvgIpc) is 2.76. The molecule has 0 radical (unpaired) electrons. The van der Waals surface area contributed by atoms with Crippen molar-refractivity contribution in [2.45, 2.75) is 25.5 Å². The highest BCUT2D eigenvalue weighted by Crippen LogP contribution is 2.09. The predicted octanol–water partition coefficient (Wildman–Crippen LogP) is 0.668. The number of piperidine rings is 1. The largest absolute Gasteiger partial charge is 0.379 e. The Morgan fingerprint density at radius 1 is 1.53 bits per heavy atom. The first-order chi connectivity index (χ1) is 8.22. The number of amides is 1. The van der Waals surface area contributed by atoms with Crippen molar-refractivity contribution in [1.82, 2.24) is 20.6 Å². The number of carbonyl (C=O) groups excluding carboxylic acids is 1. The van der Waals surface area contributed by atoms with Crippen LogP contribution in [0.1, 0.15) is 22.6 Å². The second kappa shape index (κ2) is 8.37. The maximum atomic E-state index is 12.0. The number of hydrogen-bond donors (Lipinski definition) is 3. The molecule has 0 aliphatic carbocycles. The molecule has 1 aliphatic heterocycles. The van der Waals surface area contributed by atoms with Gasteiger partial charge >= 0.3 is 0 Å². The molecule has 1 aromatic heterocycles. The van der Waals surface area contributed by atoms with Crippen molar-refractivity contribution < 1.29 is 9.53 Å². The van der Waals surface area contributed by atoms with Crippen LogP contribution in [0.25, 0.3) is 0 Å². The molecule has 19 heavy (non-hydrogen) atoms. The van der Waals surface area contributed by atoms with Crippen molar-refractivity contribution in [2.75, 3.05) is 20.2 Å². The first-order valence-electron chi connectivity index (χ1n) is 5.76. The van der Waals surface area contributed by atoms with Crippen molar-refractivity contribution in [2.24, 2.45) is 0 Å². The van der Waals surface area contributed by atoms with Crippen LogP contribution < -0.4 is 10.6 Å². The molecule has 110 valence electrons. The summed E-state index contributed by atoms with van der Waals surface area (Å²) in [6.07, 6.45) is 2.50. The zero-order valence-electron chi connectivity index (χ0n) is 10.9. The molecular weight excluding hydrogens is 291 g/mol. The second-order valence-corrected chi connectivity index (χ2v) is 4.22. The Morgan fingerprint density at radius 2 is 2.26 bits per heavy atom. The van der Waals surface area contributed by atoms with Gasteiger partial charge in [0.05, 0.1) is 18.5 Å². The van der Waals surface area contributed by atoms with Gasteiger partial charge in [-0.15, -0.1) is 24.8 Å². The lowest BCUT2D eigenvalue weighted by Gasteiger charge is -2.31. The lowest BCUT2D eigenvalue weighted by atomic mass is 10.0. The Labute approximate surface area is 124 Å². The number of aromatic nitrogens is 2. The Morgan fingerprint density at radius 3 is 2.84 bits per heavy atom. The molecule has 0 spiro atoms. The summed E-state index contributed by atoms with van der Waals surface area (Å²) in [4.78, 5) is 18.9. The number of aromatic amines is 1. The minimum atomic E-state index is -0.153. The van der Waals surface area contributed by atoms with Crippen LogP contribution in [-0.2, 0) is 4.74 Å². The highest BCUT2D eigenvalue weighted by atomic mass is 35.5. The number of halogens is 2. The van der Waals surface area contributed by atoms with Crippen LogP contribution in [0.15, 0.2) is 6.33 Å². The smallest absolute Gasteiger partial charge is 0.272 e. The number of carbonyl (C=O) groups is 1. The molecule has 2 atom stereocenters. The van der Waals surface area contributed by atoms with Crippen LogP contribution >= 0.6 is 24.8 Å². The molecule has 6 nitrogen and oxygen atoms in total. The van der Waals surface area contributed by atoms with E-state index in [0.717, 1.165) is 25.2 Å². The molecule has 1 aromatic rings. The Bertz CT molecular complexity index is 400. The van der Waals surface area contributed by atoms with Gasteiger partial charge in [-0.2, -0.15) is 0 Å². The number of nitrogens with one attached hydrogen (secondary N) is 3. The van der Waals surface area contributed by atoms with E-state index in [4.69, 9.17) is 4.74 Å². The van der Waals surface area contributed by atoms with Crippen LogP contribution in [0.2, 0.25) is 0 Å². The van der Waals surface area contributed by atoms with Crippen LogP contribution in [0.4, 0.5) is 0 Å². The summed E-state index contributed by atoms with van der Waals surface area (Å²) in [5.41, 5.74) is 1.23. The number of rotatable bonds is 3. The quantitative estimate of drug-likeness (QED) is 0.766. The molecule has 2 heterocycles. The first-order valence-corrected chi connectivity index (χ1v) is 5.76. The van der Waals surface area contributed by atoms with E-state index in [9.17, 15) is 4.79 Å². The van der Waals surface area contributed by atoms with Gasteiger partial charge in [-0.1, -0.05) is 0 Å². The molecule has 3 N–H and O–H groups in total. The van der Waals surface area contributed by atoms with Crippen LogP contribution in [0.3, 0.4) is 0 Å². The molecule has 1 aliphatic rings. The third-order valence-electron chi connectivity index (χ3n) is 3.08. The van der Waals surface area contributed by atoms with Crippen molar-refractivity contribution in [3.8, 4) is 0 Å². The molecule has 8 heteroatoms. The summed E-state index contributed by atoms with van der Waals surface area (Å²) in [6.45, 7) is 3.48. The molecule has 0 bridgehead atoms. The number of H-pyrrole nitrogens is 1. The molecule has 1 fully saturated rings. The van der Waals surface area contributed by atoms with Crippen molar-refractivity contribution in [3.05, 3.63) is 17.7 Å². The predicted molar refractivity (Wildman–Crippen MR) is 77.4 cm³/mol. The van der Waals surface area contributed by atoms with Crippen LogP contribution in [-0.4, -0.2) is 48.2 Å². The van der Waals surface area contributed by atoms with E-state index in [1.54, 1.807) is 7.11 Å². The topological polar surface area (TPSA) is 79.0 Å². The monoisotopic (exact) mass is 310 g/mol. The SMILES string of the molecule is CO[C@@H]1CCNC[C@@H]1NC(=O)c1nc[nH]c1C.Cl.Cl. The maximum Gasteiger partial charge on any atom is 0.272 e. The molecular formula is C11H20Cl2N4O2. The minimum Gasteiger partial charge on any atom is -0.379 e. The first kappa shape index (κ1) is 18.2. The number of aryl methyl sites for hydroxylation is 1. The zero-order chi connectivity index (χ0) is 12.3. The molecule has 1 saturated heterocycles. The zero-order valence-corrected chi connectivity index (χ0v) is 12.6. The van der Waals surface area contributed by atoms with E-state index >= 15 is 0 Å². The molecule has 1 amide bonds. The summed E-state index contributed by atoms with van der Waals surface area (Å²) in [5, 5.41) is 6.20. The van der Waals surface area contributed by atoms with E-state index in [1.165, 1.54) is 6.33 Å². The third kappa shape index (κ3) is 4.35. The Hall–Kier alpha value is -0.820. The lowest BCUT2D eigenvalue weighted by molar-refractivity contribution is 0.0446. The third-order valence-corrected chi connectivity index (χ3v) is 3.08. The standard InChI is InChI=1S/C11H18N4O2.2ClH/c1-7-10(14-6-13-7)11(16)15-8-5-12-4-3-9(8)17-2;;/h6,8-9,12H,3-5H2,1-2H3,(H,13,14)(H,15,16);2*1H/t8-,9+;;/m0../s1. The molecule has 0 unspecified atom stereocenters. The highest BCUT2D eigenvalue weighted by molar-refractivity contribution is 5.93. The Kier molecular flexibility index (Phi) is 8.01. The lowest BCUT2D eigenvalue weighted by Crippen LogP contribution is -2.54. The van der Waals surface area contributed by atoms with Crippen LogP contribution in [0, 0.1) is 6.92 Å². The fraction of sp³-hybridized carbons (Fsp3) is 0.636.